The molecule has 2 aliphatic heterocycles. The van der Waals surface area contributed by atoms with E-state index >= 15 is 0 Å². The average Bonchev–Trinajstić information content (AvgIpc) is 3.00. The van der Waals surface area contributed by atoms with E-state index < -0.39 is 10.2 Å². The van der Waals surface area contributed by atoms with Crippen LogP contribution in [-0.4, -0.2) is 73.5 Å². The topological polar surface area (TPSA) is 66.0 Å². The Morgan fingerprint density at radius 1 is 1.14 bits per heavy atom. The van der Waals surface area contributed by atoms with Crippen molar-refractivity contribution in [3.63, 3.8) is 0 Å². The van der Waals surface area contributed by atoms with Gasteiger partial charge in [0.2, 0.25) is 0 Å². The molecule has 0 amide bonds. The number of ether oxygens (including phenoxy) is 1. The number of aromatic nitrogens is 1. The third kappa shape index (κ3) is 3.28. The predicted molar refractivity (Wildman–Crippen MR) is 86.4 cm³/mol. The summed E-state index contributed by atoms with van der Waals surface area (Å²) in [6.45, 7) is 7.06. The van der Waals surface area contributed by atoms with Crippen LogP contribution in [0.2, 0.25) is 0 Å². The first-order valence-corrected chi connectivity index (χ1v) is 9.79. The van der Waals surface area contributed by atoms with Crippen molar-refractivity contribution in [2.24, 2.45) is 0 Å². The molecule has 9 heteroatoms. The number of hydrogen-bond acceptors (Lipinski definition) is 6. The smallest absolute Gasteiger partial charge is 0.282 e. The molecule has 2 atom stereocenters. The Labute approximate surface area is 135 Å². The van der Waals surface area contributed by atoms with Crippen LogP contribution < -0.4 is 4.90 Å². The summed E-state index contributed by atoms with van der Waals surface area (Å²) in [5, 5.41) is 2.90. The molecular weight excluding hydrogens is 324 g/mol. The van der Waals surface area contributed by atoms with Gasteiger partial charge >= 0.3 is 0 Å². The molecule has 0 radical (unpaired) electrons. The highest BCUT2D eigenvalue weighted by Crippen LogP contribution is 2.22. The second-order valence-electron chi connectivity index (χ2n) is 5.78. The van der Waals surface area contributed by atoms with Crippen LogP contribution in [0.1, 0.15) is 13.8 Å². The largest absolute Gasteiger partial charge is 0.373 e. The molecule has 1 aromatic rings. The van der Waals surface area contributed by atoms with E-state index in [1.54, 1.807) is 26.1 Å². The lowest BCUT2D eigenvalue weighted by molar-refractivity contribution is -0.0455. The molecule has 0 aromatic carbocycles. The van der Waals surface area contributed by atoms with Crippen molar-refractivity contribution in [3.05, 3.63) is 11.6 Å². The van der Waals surface area contributed by atoms with Gasteiger partial charge in [-0.25, -0.2) is 4.98 Å². The SMILES string of the molecule is CC1CN(S(=O)(=O)N2CCN(c3nccs3)CC2)CC(C)O1. The summed E-state index contributed by atoms with van der Waals surface area (Å²) < 4.78 is 34.4. The van der Waals surface area contributed by atoms with E-state index in [-0.39, 0.29) is 12.2 Å². The molecule has 2 aliphatic rings. The minimum Gasteiger partial charge on any atom is -0.373 e. The number of anilines is 1. The third-order valence-corrected chi connectivity index (χ3v) is 6.77. The number of morpholine rings is 1. The molecule has 22 heavy (non-hydrogen) atoms. The second kappa shape index (κ2) is 6.40. The van der Waals surface area contributed by atoms with Gasteiger partial charge in [0, 0.05) is 50.8 Å². The Morgan fingerprint density at radius 3 is 2.32 bits per heavy atom. The van der Waals surface area contributed by atoms with Crippen LogP contribution in [0.4, 0.5) is 5.13 Å². The molecule has 0 spiro atoms. The third-order valence-electron chi connectivity index (χ3n) is 3.97. The van der Waals surface area contributed by atoms with Crippen LogP contribution >= 0.6 is 11.3 Å². The van der Waals surface area contributed by atoms with Crippen LogP contribution in [-0.2, 0) is 14.9 Å². The van der Waals surface area contributed by atoms with Crippen LogP contribution in [0, 0.1) is 0 Å². The van der Waals surface area contributed by atoms with E-state index in [9.17, 15) is 8.42 Å². The van der Waals surface area contributed by atoms with Crippen molar-refractivity contribution < 1.29 is 13.2 Å². The minimum absolute atomic E-state index is 0.0601. The maximum atomic E-state index is 12.8. The van der Waals surface area contributed by atoms with E-state index in [2.05, 4.69) is 9.88 Å². The lowest BCUT2D eigenvalue weighted by atomic mass is 10.3. The lowest BCUT2D eigenvalue weighted by Gasteiger charge is -2.40. The fourth-order valence-corrected chi connectivity index (χ4v) is 5.41. The summed E-state index contributed by atoms with van der Waals surface area (Å²) in [7, 11) is -3.40. The first kappa shape index (κ1) is 16.1. The molecule has 3 heterocycles. The standard InChI is InChI=1S/C13H22N4O3S2/c1-11-9-17(10-12(2)20-11)22(18,19)16-6-4-15(5-7-16)13-14-3-8-21-13/h3,8,11-12H,4-7,9-10H2,1-2H3. The fraction of sp³-hybridized carbons (Fsp3) is 0.769. The van der Waals surface area contributed by atoms with Crippen molar-refractivity contribution >= 4 is 26.7 Å². The van der Waals surface area contributed by atoms with E-state index in [1.807, 2.05) is 19.2 Å². The van der Waals surface area contributed by atoms with Gasteiger partial charge in [0.05, 0.1) is 12.2 Å². The molecule has 0 N–H and O–H groups in total. The van der Waals surface area contributed by atoms with E-state index in [4.69, 9.17) is 4.74 Å². The highest BCUT2D eigenvalue weighted by Gasteiger charge is 2.36. The van der Waals surface area contributed by atoms with Gasteiger partial charge in [-0.1, -0.05) is 0 Å². The summed E-state index contributed by atoms with van der Waals surface area (Å²) in [6, 6.07) is 0. The fourth-order valence-electron chi connectivity index (χ4n) is 2.96. The summed E-state index contributed by atoms with van der Waals surface area (Å²) in [5.74, 6) is 0. The van der Waals surface area contributed by atoms with E-state index in [0.717, 1.165) is 5.13 Å². The van der Waals surface area contributed by atoms with Gasteiger partial charge in [0.15, 0.2) is 5.13 Å². The molecule has 2 fully saturated rings. The quantitative estimate of drug-likeness (QED) is 0.803. The Kier molecular flexibility index (Phi) is 4.69. The normalized spacial score (nSPS) is 28.9. The zero-order valence-corrected chi connectivity index (χ0v) is 14.5. The van der Waals surface area contributed by atoms with E-state index in [1.165, 1.54) is 0 Å². The Bertz CT molecular complexity index is 574. The van der Waals surface area contributed by atoms with Gasteiger partial charge in [-0.3, -0.25) is 0 Å². The zero-order valence-electron chi connectivity index (χ0n) is 12.9. The van der Waals surface area contributed by atoms with Gasteiger partial charge in [0.25, 0.3) is 10.2 Å². The molecule has 7 nitrogen and oxygen atoms in total. The lowest BCUT2D eigenvalue weighted by Crippen LogP contribution is -2.57. The van der Waals surface area contributed by atoms with Crippen LogP contribution in [0.25, 0.3) is 0 Å². The molecule has 124 valence electrons. The van der Waals surface area contributed by atoms with Crippen molar-refractivity contribution in [1.29, 1.82) is 0 Å². The van der Waals surface area contributed by atoms with Crippen molar-refractivity contribution in [1.82, 2.24) is 13.6 Å². The first-order chi connectivity index (χ1) is 10.5. The van der Waals surface area contributed by atoms with Gasteiger partial charge in [-0.15, -0.1) is 11.3 Å². The summed E-state index contributed by atoms with van der Waals surface area (Å²) >= 11 is 1.59. The molecule has 0 bridgehead atoms. The molecule has 0 saturated carbocycles. The molecule has 3 rings (SSSR count). The number of rotatable bonds is 3. The Balaban J connectivity index is 1.64. The number of thiazole rings is 1. The summed E-state index contributed by atoms with van der Waals surface area (Å²) in [4.78, 5) is 6.43. The monoisotopic (exact) mass is 346 g/mol. The predicted octanol–water partition coefficient (Wildman–Crippen LogP) is 0.619. The van der Waals surface area contributed by atoms with Crippen molar-refractivity contribution in [3.8, 4) is 0 Å². The zero-order chi connectivity index (χ0) is 15.7. The average molecular weight is 346 g/mol. The van der Waals surface area contributed by atoms with Crippen molar-refractivity contribution in [2.45, 2.75) is 26.1 Å². The highest BCUT2D eigenvalue weighted by atomic mass is 32.2. The van der Waals surface area contributed by atoms with E-state index in [0.29, 0.717) is 39.3 Å². The molecule has 0 aliphatic carbocycles. The Morgan fingerprint density at radius 2 is 1.77 bits per heavy atom. The van der Waals surface area contributed by atoms with Gasteiger partial charge in [0.1, 0.15) is 0 Å². The molecule has 2 saturated heterocycles. The maximum absolute atomic E-state index is 12.8. The van der Waals surface area contributed by atoms with Crippen LogP contribution in [0.5, 0.6) is 0 Å². The van der Waals surface area contributed by atoms with Gasteiger partial charge < -0.3 is 9.64 Å². The number of hydrogen-bond donors (Lipinski definition) is 0. The summed E-state index contributed by atoms with van der Waals surface area (Å²) in [5.41, 5.74) is 0. The maximum Gasteiger partial charge on any atom is 0.282 e. The van der Waals surface area contributed by atoms with Gasteiger partial charge in [-0.05, 0) is 13.8 Å². The summed E-state index contributed by atoms with van der Waals surface area (Å²) in [6.07, 6.45) is 1.66. The highest BCUT2D eigenvalue weighted by molar-refractivity contribution is 7.86. The number of nitrogens with zero attached hydrogens (tertiary/aromatic N) is 4. The van der Waals surface area contributed by atoms with Crippen LogP contribution in [0.3, 0.4) is 0 Å². The van der Waals surface area contributed by atoms with Gasteiger partial charge in [-0.2, -0.15) is 17.0 Å². The minimum atomic E-state index is -3.40. The first-order valence-electron chi connectivity index (χ1n) is 7.52. The Hall–Kier alpha value is -0.740. The molecular formula is C13H22N4O3S2. The molecule has 2 unspecified atom stereocenters. The van der Waals surface area contributed by atoms with Crippen molar-refractivity contribution in [2.75, 3.05) is 44.2 Å². The van der Waals surface area contributed by atoms with Crippen LogP contribution in [0.15, 0.2) is 11.6 Å². The number of piperazine rings is 1. The second-order valence-corrected chi connectivity index (χ2v) is 8.58. The molecule has 1 aromatic heterocycles.